The Bertz CT molecular complexity index is 251. The second kappa shape index (κ2) is 6.44. The van der Waals surface area contributed by atoms with Gasteiger partial charge in [-0.3, -0.25) is 4.79 Å². The van der Waals surface area contributed by atoms with E-state index in [2.05, 4.69) is 10.6 Å². The van der Waals surface area contributed by atoms with Crippen molar-refractivity contribution in [2.24, 2.45) is 0 Å². The molecule has 2 rings (SSSR count). The number of hydrogen-bond acceptors (Lipinski definition) is 4. The van der Waals surface area contributed by atoms with Crippen LogP contribution in [0.1, 0.15) is 25.7 Å². The van der Waals surface area contributed by atoms with Gasteiger partial charge in [-0.1, -0.05) is 0 Å². The first-order valence-electron chi connectivity index (χ1n) is 5.50. The summed E-state index contributed by atoms with van der Waals surface area (Å²) < 4.78 is 0. The zero-order chi connectivity index (χ0) is 12.0. The van der Waals surface area contributed by atoms with Crippen LogP contribution in [0, 0.1) is 0 Å². The zero-order valence-electron chi connectivity index (χ0n) is 9.11. The van der Waals surface area contributed by atoms with E-state index >= 15 is 0 Å². The molecule has 2 fully saturated rings. The summed E-state index contributed by atoms with van der Waals surface area (Å²) >= 11 is 0. The number of β-amino-alcohol motifs (C(OH)–C–C–N with tert-alkyl or cyclic N) is 1. The third kappa shape index (κ3) is 4.59. The first-order valence-corrected chi connectivity index (χ1v) is 5.50. The van der Waals surface area contributed by atoms with Crippen molar-refractivity contribution in [2.45, 2.75) is 37.8 Å². The van der Waals surface area contributed by atoms with Crippen molar-refractivity contribution in [1.82, 2.24) is 10.6 Å². The van der Waals surface area contributed by atoms with E-state index in [1.54, 1.807) is 0 Å². The highest BCUT2D eigenvalue weighted by Crippen LogP contribution is 2.05. The number of carboxylic acid groups (broad SMARTS) is 1. The Morgan fingerprint density at radius 3 is 2.38 bits per heavy atom. The molecule has 16 heavy (non-hydrogen) atoms. The number of amides is 1. The highest BCUT2D eigenvalue weighted by molar-refractivity contribution is 5.87. The molecule has 0 radical (unpaired) electrons. The molecule has 0 aromatic rings. The number of carbonyl (C=O) groups is 2. The quantitative estimate of drug-likeness (QED) is 0.467. The molecular weight excluding hydrogens is 212 g/mol. The molecule has 0 saturated carbocycles. The largest absolute Gasteiger partial charge is 0.480 e. The maximum absolute atomic E-state index is 10.4. The molecule has 0 spiro atoms. The zero-order valence-corrected chi connectivity index (χ0v) is 9.11. The number of nitrogens with one attached hydrogen (secondary N) is 2. The van der Waals surface area contributed by atoms with Crippen LogP contribution < -0.4 is 10.6 Å². The third-order valence-electron chi connectivity index (χ3n) is 2.56. The second-order valence-electron chi connectivity index (χ2n) is 4.00. The van der Waals surface area contributed by atoms with E-state index in [0.29, 0.717) is 12.8 Å². The smallest absolute Gasteiger partial charge is 0.326 e. The highest BCUT2D eigenvalue weighted by Gasteiger charge is 2.26. The fraction of sp³-hybridized carbons (Fsp3) is 0.800. The SMILES string of the molecule is O=C1CC[C@H](C(=O)O)N1.O[C@H]1CCCNC1. The summed E-state index contributed by atoms with van der Waals surface area (Å²) in [6, 6.07) is -0.641. The Kier molecular flexibility index (Phi) is 5.21. The maximum atomic E-state index is 10.4. The third-order valence-corrected chi connectivity index (χ3v) is 2.56. The molecule has 2 aliphatic rings. The Morgan fingerprint density at radius 1 is 1.38 bits per heavy atom. The van der Waals surface area contributed by atoms with Gasteiger partial charge in [-0.2, -0.15) is 0 Å². The average molecular weight is 230 g/mol. The lowest BCUT2D eigenvalue weighted by atomic mass is 10.1. The maximum Gasteiger partial charge on any atom is 0.326 e. The number of hydrogen-bond donors (Lipinski definition) is 4. The fourth-order valence-corrected chi connectivity index (χ4v) is 1.63. The number of aliphatic hydroxyl groups is 1. The van der Waals surface area contributed by atoms with Gasteiger partial charge in [0.15, 0.2) is 0 Å². The average Bonchev–Trinajstić information content (AvgIpc) is 2.67. The number of carboxylic acids is 1. The second-order valence-corrected chi connectivity index (χ2v) is 4.00. The lowest BCUT2D eigenvalue weighted by molar-refractivity contribution is -0.140. The number of aliphatic carboxylic acids is 1. The molecule has 0 aromatic heterocycles. The molecule has 0 aromatic carbocycles. The molecule has 0 unspecified atom stereocenters. The van der Waals surface area contributed by atoms with Gasteiger partial charge in [-0.25, -0.2) is 4.79 Å². The normalized spacial score (nSPS) is 28.9. The van der Waals surface area contributed by atoms with Crippen LogP contribution in [-0.2, 0) is 9.59 Å². The number of carbonyl (C=O) groups excluding carboxylic acids is 1. The van der Waals surface area contributed by atoms with Crippen molar-refractivity contribution in [3.05, 3.63) is 0 Å². The summed E-state index contributed by atoms with van der Waals surface area (Å²) in [5.41, 5.74) is 0. The summed E-state index contributed by atoms with van der Waals surface area (Å²) in [6.07, 6.45) is 2.80. The van der Waals surface area contributed by atoms with Crippen LogP contribution in [0.3, 0.4) is 0 Å². The van der Waals surface area contributed by atoms with E-state index in [-0.39, 0.29) is 12.0 Å². The summed E-state index contributed by atoms with van der Waals surface area (Å²) in [5.74, 6) is -1.11. The lowest BCUT2D eigenvalue weighted by Crippen LogP contribution is -2.33. The Hall–Kier alpha value is -1.14. The lowest BCUT2D eigenvalue weighted by Gasteiger charge is -2.16. The molecule has 2 atom stereocenters. The standard InChI is InChI=1S/C5H7NO3.C5H11NO/c7-4-2-1-3(6-4)5(8)9;7-5-2-1-3-6-4-5/h3H,1-2H2,(H,6,7)(H,8,9);5-7H,1-4H2/t3-;5-/m10/s1. The molecule has 6 nitrogen and oxygen atoms in total. The van der Waals surface area contributed by atoms with Crippen molar-refractivity contribution >= 4 is 11.9 Å². The van der Waals surface area contributed by atoms with Crippen LogP contribution in [0.4, 0.5) is 0 Å². The van der Waals surface area contributed by atoms with Gasteiger partial charge in [0.05, 0.1) is 6.10 Å². The monoisotopic (exact) mass is 230 g/mol. The van der Waals surface area contributed by atoms with Crippen LogP contribution in [0.2, 0.25) is 0 Å². The van der Waals surface area contributed by atoms with Gasteiger partial charge in [-0.15, -0.1) is 0 Å². The molecule has 0 bridgehead atoms. The molecular formula is C10H18N2O4. The van der Waals surface area contributed by atoms with E-state index in [1.807, 2.05) is 0 Å². The van der Waals surface area contributed by atoms with Gasteiger partial charge in [0.1, 0.15) is 6.04 Å². The number of aliphatic hydroxyl groups excluding tert-OH is 1. The molecule has 2 saturated heterocycles. The number of piperidine rings is 1. The Labute approximate surface area is 94.0 Å². The molecule has 2 aliphatic heterocycles. The summed E-state index contributed by atoms with van der Waals surface area (Å²) in [7, 11) is 0. The van der Waals surface area contributed by atoms with E-state index in [4.69, 9.17) is 10.2 Å². The minimum atomic E-state index is -0.944. The fourth-order valence-electron chi connectivity index (χ4n) is 1.63. The van der Waals surface area contributed by atoms with Crippen LogP contribution in [0.5, 0.6) is 0 Å². The van der Waals surface area contributed by atoms with E-state index < -0.39 is 12.0 Å². The summed E-state index contributed by atoms with van der Waals surface area (Å²) in [5, 5.41) is 22.6. The van der Waals surface area contributed by atoms with Crippen LogP contribution >= 0.6 is 0 Å². The Morgan fingerprint density at radius 2 is 2.12 bits per heavy atom. The van der Waals surface area contributed by atoms with Crippen LogP contribution in [0.15, 0.2) is 0 Å². The molecule has 4 N–H and O–H groups in total. The predicted octanol–water partition coefficient (Wildman–Crippen LogP) is -0.920. The van der Waals surface area contributed by atoms with Crippen molar-refractivity contribution in [3.8, 4) is 0 Å². The van der Waals surface area contributed by atoms with Crippen molar-refractivity contribution in [1.29, 1.82) is 0 Å². The van der Waals surface area contributed by atoms with Gasteiger partial charge in [0, 0.05) is 13.0 Å². The van der Waals surface area contributed by atoms with Gasteiger partial charge < -0.3 is 20.8 Å². The van der Waals surface area contributed by atoms with Crippen molar-refractivity contribution in [2.75, 3.05) is 13.1 Å². The summed E-state index contributed by atoms with van der Waals surface area (Å²) in [4.78, 5) is 20.5. The first kappa shape index (κ1) is 12.9. The molecule has 6 heteroatoms. The predicted molar refractivity (Wildman–Crippen MR) is 56.9 cm³/mol. The van der Waals surface area contributed by atoms with Crippen molar-refractivity contribution in [3.63, 3.8) is 0 Å². The van der Waals surface area contributed by atoms with Crippen molar-refractivity contribution < 1.29 is 19.8 Å². The van der Waals surface area contributed by atoms with E-state index in [0.717, 1.165) is 25.9 Å². The van der Waals surface area contributed by atoms with Gasteiger partial charge in [0.2, 0.25) is 5.91 Å². The van der Waals surface area contributed by atoms with Gasteiger partial charge >= 0.3 is 5.97 Å². The number of rotatable bonds is 1. The Balaban J connectivity index is 0.000000165. The summed E-state index contributed by atoms with van der Waals surface area (Å²) in [6.45, 7) is 1.87. The minimum absolute atomic E-state index is 0.0752. The molecule has 1 amide bonds. The molecule has 92 valence electrons. The molecule has 0 aliphatic carbocycles. The van der Waals surface area contributed by atoms with Crippen LogP contribution in [0.25, 0.3) is 0 Å². The first-order chi connectivity index (χ1) is 7.59. The van der Waals surface area contributed by atoms with E-state index in [9.17, 15) is 9.59 Å². The van der Waals surface area contributed by atoms with Gasteiger partial charge in [-0.05, 0) is 25.8 Å². The van der Waals surface area contributed by atoms with E-state index in [1.165, 1.54) is 0 Å². The van der Waals surface area contributed by atoms with Crippen LogP contribution in [-0.4, -0.2) is 47.3 Å². The highest BCUT2D eigenvalue weighted by atomic mass is 16.4. The molecule has 2 heterocycles. The minimum Gasteiger partial charge on any atom is -0.480 e. The van der Waals surface area contributed by atoms with Gasteiger partial charge in [0.25, 0.3) is 0 Å². The topological polar surface area (TPSA) is 98.7 Å².